The molecule has 0 saturated carbocycles. The van der Waals surface area contributed by atoms with Gasteiger partial charge in [0.2, 0.25) is 0 Å². The minimum absolute atomic E-state index is 0.113. The molecule has 1 aromatic heterocycles. The Morgan fingerprint density at radius 3 is 2.41 bits per heavy atom. The minimum atomic E-state index is -0.583. The third-order valence-corrected chi connectivity index (χ3v) is 4.58. The first-order valence-corrected chi connectivity index (χ1v) is 8.83. The Bertz CT molecular complexity index is 1060. The second-order valence-electron chi connectivity index (χ2n) is 5.46. The van der Waals surface area contributed by atoms with Crippen LogP contribution in [0.4, 0.5) is 5.69 Å². The minimum Gasteiger partial charge on any atom is -0.457 e. The summed E-state index contributed by atoms with van der Waals surface area (Å²) in [6.45, 7) is 0. The normalized spacial score (nSPS) is 11.1. The highest BCUT2D eigenvalue weighted by molar-refractivity contribution is 6.42. The Labute approximate surface area is 170 Å². The van der Waals surface area contributed by atoms with Crippen LogP contribution in [0.2, 0.25) is 15.1 Å². The molecule has 0 atom stereocenters. The lowest BCUT2D eigenvalue weighted by Crippen LogP contribution is -2.13. The van der Waals surface area contributed by atoms with Crippen molar-refractivity contribution >= 4 is 52.5 Å². The van der Waals surface area contributed by atoms with Crippen molar-refractivity contribution in [2.45, 2.75) is 0 Å². The van der Waals surface area contributed by atoms with E-state index in [4.69, 9.17) is 39.2 Å². The fourth-order valence-electron chi connectivity index (χ4n) is 2.26. The molecular weight excluding hydrogens is 407 g/mol. The zero-order chi connectivity index (χ0) is 19.4. The van der Waals surface area contributed by atoms with Crippen molar-refractivity contribution in [1.82, 2.24) is 0 Å². The molecule has 27 heavy (non-hydrogen) atoms. The van der Waals surface area contributed by atoms with Crippen molar-refractivity contribution in [2.75, 3.05) is 5.32 Å². The largest absolute Gasteiger partial charge is 0.457 e. The number of hydrogen-bond acceptors (Lipinski definition) is 3. The van der Waals surface area contributed by atoms with Gasteiger partial charge in [-0.3, -0.25) is 4.79 Å². The van der Waals surface area contributed by atoms with E-state index in [1.54, 1.807) is 36.4 Å². The van der Waals surface area contributed by atoms with Gasteiger partial charge in [0.05, 0.1) is 10.0 Å². The monoisotopic (exact) mass is 416 g/mol. The van der Waals surface area contributed by atoms with E-state index in [1.165, 1.54) is 12.1 Å². The molecule has 0 fully saturated rings. The van der Waals surface area contributed by atoms with Crippen molar-refractivity contribution in [3.05, 3.63) is 81.0 Å². The fraction of sp³-hybridized carbons (Fsp3) is 0. The Morgan fingerprint density at radius 1 is 1.00 bits per heavy atom. The van der Waals surface area contributed by atoms with E-state index in [2.05, 4.69) is 5.32 Å². The van der Waals surface area contributed by atoms with Crippen LogP contribution >= 0.6 is 34.8 Å². The molecule has 7 heteroatoms. The van der Waals surface area contributed by atoms with Gasteiger partial charge in [0, 0.05) is 22.3 Å². The van der Waals surface area contributed by atoms with Crippen LogP contribution in [-0.4, -0.2) is 5.91 Å². The van der Waals surface area contributed by atoms with E-state index in [-0.39, 0.29) is 5.57 Å². The molecule has 3 rings (SSSR count). The summed E-state index contributed by atoms with van der Waals surface area (Å²) in [4.78, 5) is 12.3. The molecule has 0 saturated heterocycles. The van der Waals surface area contributed by atoms with Gasteiger partial charge in [0.25, 0.3) is 5.91 Å². The summed E-state index contributed by atoms with van der Waals surface area (Å²) in [6, 6.07) is 17.1. The van der Waals surface area contributed by atoms with Crippen LogP contribution in [0.1, 0.15) is 5.76 Å². The van der Waals surface area contributed by atoms with Gasteiger partial charge in [-0.15, -0.1) is 0 Å². The zero-order valence-electron chi connectivity index (χ0n) is 13.7. The quantitative estimate of drug-likeness (QED) is 0.392. The van der Waals surface area contributed by atoms with Gasteiger partial charge >= 0.3 is 0 Å². The average Bonchev–Trinajstić information content (AvgIpc) is 3.12. The maximum absolute atomic E-state index is 12.3. The maximum atomic E-state index is 12.3. The third-order valence-electron chi connectivity index (χ3n) is 3.58. The number of nitrogens with zero attached hydrogens (tertiary/aromatic N) is 1. The maximum Gasteiger partial charge on any atom is 0.266 e. The Hall–Kier alpha value is -2.71. The smallest absolute Gasteiger partial charge is 0.266 e. The highest BCUT2D eigenvalue weighted by Gasteiger charge is 2.12. The number of amides is 1. The van der Waals surface area contributed by atoms with Crippen molar-refractivity contribution in [2.24, 2.45) is 0 Å². The van der Waals surface area contributed by atoms with Crippen LogP contribution in [-0.2, 0) is 4.79 Å². The van der Waals surface area contributed by atoms with E-state index < -0.39 is 5.91 Å². The predicted molar refractivity (Wildman–Crippen MR) is 108 cm³/mol. The van der Waals surface area contributed by atoms with Crippen LogP contribution in [0.15, 0.2) is 64.6 Å². The first-order chi connectivity index (χ1) is 13.0. The number of carbonyl (C=O) groups is 1. The van der Waals surface area contributed by atoms with E-state index in [0.29, 0.717) is 32.3 Å². The lowest BCUT2D eigenvalue weighted by Gasteiger charge is -2.05. The number of benzene rings is 2. The van der Waals surface area contributed by atoms with Gasteiger partial charge < -0.3 is 9.73 Å². The molecule has 1 amide bonds. The predicted octanol–water partition coefficient (Wildman–Crippen LogP) is 6.45. The Balaban J connectivity index is 1.79. The van der Waals surface area contributed by atoms with Crippen LogP contribution in [0, 0.1) is 11.3 Å². The third kappa shape index (κ3) is 4.72. The summed E-state index contributed by atoms with van der Waals surface area (Å²) in [7, 11) is 0. The highest BCUT2D eigenvalue weighted by Crippen LogP contribution is 2.26. The molecule has 0 aliphatic rings. The second kappa shape index (κ2) is 8.32. The van der Waals surface area contributed by atoms with Crippen LogP contribution in [0.25, 0.3) is 17.4 Å². The molecule has 4 nitrogen and oxygen atoms in total. The summed E-state index contributed by atoms with van der Waals surface area (Å²) in [5.41, 5.74) is 1.15. The summed E-state index contributed by atoms with van der Waals surface area (Å²) in [6.07, 6.45) is 1.37. The average molecular weight is 418 g/mol. The van der Waals surface area contributed by atoms with Crippen molar-refractivity contribution in [3.8, 4) is 17.4 Å². The first-order valence-electron chi connectivity index (χ1n) is 7.70. The van der Waals surface area contributed by atoms with Crippen molar-refractivity contribution in [1.29, 1.82) is 5.26 Å². The number of carbonyl (C=O) groups excluding carboxylic acids is 1. The summed E-state index contributed by atoms with van der Waals surface area (Å²) in [5.74, 6) is 0.390. The molecule has 0 bridgehead atoms. The van der Waals surface area contributed by atoms with Gasteiger partial charge in [0.1, 0.15) is 23.2 Å². The number of nitriles is 1. The molecule has 0 radical (unpaired) electrons. The molecule has 0 aliphatic carbocycles. The molecule has 0 spiro atoms. The van der Waals surface area contributed by atoms with Gasteiger partial charge in [-0.25, -0.2) is 0 Å². The summed E-state index contributed by atoms with van der Waals surface area (Å²) < 4.78 is 5.69. The number of anilines is 1. The van der Waals surface area contributed by atoms with Crippen LogP contribution < -0.4 is 5.32 Å². The molecular formula is C20H11Cl3N2O2. The number of furan rings is 1. The van der Waals surface area contributed by atoms with Gasteiger partial charge in [-0.05, 0) is 54.6 Å². The van der Waals surface area contributed by atoms with Gasteiger partial charge in [-0.2, -0.15) is 5.26 Å². The van der Waals surface area contributed by atoms with Crippen molar-refractivity contribution < 1.29 is 9.21 Å². The number of hydrogen-bond donors (Lipinski definition) is 1. The van der Waals surface area contributed by atoms with Gasteiger partial charge in [-0.1, -0.05) is 34.8 Å². The Morgan fingerprint density at radius 2 is 1.74 bits per heavy atom. The number of halogens is 3. The fourth-order valence-corrected chi connectivity index (χ4v) is 2.69. The van der Waals surface area contributed by atoms with E-state index in [0.717, 1.165) is 5.56 Å². The standard InChI is InChI=1S/C20H11Cl3N2O2/c21-14-3-1-12(2-4-14)19-8-6-16(27-19)9-13(11-24)20(26)25-15-5-7-17(22)18(23)10-15/h1-10H,(H,25,26)/b13-9+. The summed E-state index contributed by atoms with van der Waals surface area (Å²) in [5, 5.41) is 13.2. The molecule has 0 aliphatic heterocycles. The lowest BCUT2D eigenvalue weighted by atomic mass is 10.2. The van der Waals surface area contributed by atoms with Crippen LogP contribution in [0.5, 0.6) is 0 Å². The number of nitrogens with one attached hydrogen (secondary N) is 1. The molecule has 3 aromatic rings. The molecule has 1 N–H and O–H groups in total. The summed E-state index contributed by atoms with van der Waals surface area (Å²) >= 11 is 17.6. The zero-order valence-corrected chi connectivity index (χ0v) is 15.9. The number of rotatable bonds is 4. The SMILES string of the molecule is N#C/C(=C\c1ccc(-c2ccc(Cl)cc2)o1)C(=O)Nc1ccc(Cl)c(Cl)c1. The first kappa shape index (κ1) is 19.1. The lowest BCUT2D eigenvalue weighted by molar-refractivity contribution is -0.112. The van der Waals surface area contributed by atoms with E-state index in [1.807, 2.05) is 18.2 Å². The topological polar surface area (TPSA) is 66.0 Å². The van der Waals surface area contributed by atoms with E-state index in [9.17, 15) is 10.1 Å². The van der Waals surface area contributed by atoms with Gasteiger partial charge in [0.15, 0.2) is 0 Å². The molecule has 2 aromatic carbocycles. The molecule has 1 heterocycles. The molecule has 134 valence electrons. The Kier molecular flexibility index (Phi) is 5.88. The van der Waals surface area contributed by atoms with Crippen molar-refractivity contribution in [3.63, 3.8) is 0 Å². The second-order valence-corrected chi connectivity index (χ2v) is 6.71. The van der Waals surface area contributed by atoms with Crippen LogP contribution in [0.3, 0.4) is 0 Å². The highest BCUT2D eigenvalue weighted by atomic mass is 35.5. The molecule has 0 unspecified atom stereocenters. The van der Waals surface area contributed by atoms with E-state index >= 15 is 0 Å².